The van der Waals surface area contributed by atoms with Crippen LogP contribution in [-0.4, -0.2) is 34.7 Å². The Morgan fingerprint density at radius 2 is 1.63 bits per heavy atom. The number of tetrazole rings is 1. The summed E-state index contributed by atoms with van der Waals surface area (Å²) in [6, 6.07) is 3.15. The number of benzene rings is 1. The summed E-state index contributed by atoms with van der Waals surface area (Å²) in [6.45, 7) is 4.05. The van der Waals surface area contributed by atoms with Crippen molar-refractivity contribution >= 4 is 17.1 Å². The van der Waals surface area contributed by atoms with E-state index < -0.39 is 23.5 Å². The molecule has 3 aromatic heterocycles. The van der Waals surface area contributed by atoms with Crippen LogP contribution < -0.4 is 4.90 Å². The molecule has 0 aliphatic carbocycles. The number of rotatable bonds is 6. The van der Waals surface area contributed by atoms with Crippen LogP contribution in [0.15, 0.2) is 24.3 Å². The first-order valence-electron chi connectivity index (χ1n) is 10.4. The molecule has 4 aromatic rings. The molecule has 35 heavy (non-hydrogen) atoms. The standard InChI is InChI=1S/C21H19F6N8/c1-4-35-12(2)29-17-7-14(9-28-18(17)35)11-34(19-30-32-33(3)31-19)10-13-5-15(20(22,23)24)8-16(6-13)21(25,26)27/h5-8H,4,10-11H2,1-3H3. The Labute approximate surface area is 195 Å². The van der Waals surface area contributed by atoms with Gasteiger partial charge in [0.25, 0.3) is 5.95 Å². The minimum Gasteiger partial charge on any atom is -0.329 e. The maximum atomic E-state index is 13.3. The normalized spacial score (nSPS) is 12.5. The summed E-state index contributed by atoms with van der Waals surface area (Å²) in [5, 5.41) is 11.7. The topological polar surface area (TPSA) is 77.5 Å². The molecule has 3 heterocycles. The van der Waals surface area contributed by atoms with Crippen molar-refractivity contribution in [2.24, 2.45) is 7.05 Å². The zero-order valence-corrected chi connectivity index (χ0v) is 18.8. The summed E-state index contributed by atoms with van der Waals surface area (Å²) in [5.74, 6) is 0.763. The molecule has 0 aliphatic rings. The second-order valence-electron chi connectivity index (χ2n) is 7.85. The second-order valence-corrected chi connectivity index (χ2v) is 7.85. The Hall–Kier alpha value is -3.71. The van der Waals surface area contributed by atoms with Crippen LogP contribution in [0.3, 0.4) is 0 Å². The van der Waals surface area contributed by atoms with Crippen molar-refractivity contribution in [2.75, 3.05) is 4.90 Å². The molecule has 1 radical (unpaired) electrons. The number of nitrogens with zero attached hydrogens (tertiary/aromatic N) is 8. The summed E-state index contributed by atoms with van der Waals surface area (Å²) in [7, 11) is 1.49. The van der Waals surface area contributed by atoms with Crippen LogP contribution in [0.2, 0.25) is 0 Å². The number of hydrogen-bond acceptors (Lipinski definition) is 6. The summed E-state index contributed by atoms with van der Waals surface area (Å²) in [6.07, 6.45) is -7.04. The largest absolute Gasteiger partial charge is 0.416 e. The molecule has 0 saturated carbocycles. The molecule has 0 spiro atoms. The minimum absolute atomic E-state index is 0.00966. The lowest BCUT2D eigenvalue weighted by molar-refractivity contribution is -0.143. The summed E-state index contributed by atoms with van der Waals surface area (Å²) in [4.78, 5) is 11.3. The van der Waals surface area contributed by atoms with Gasteiger partial charge in [0.15, 0.2) is 5.65 Å². The van der Waals surface area contributed by atoms with Gasteiger partial charge in [0, 0.05) is 25.2 Å². The third-order valence-electron chi connectivity index (χ3n) is 5.25. The van der Waals surface area contributed by atoms with E-state index in [1.54, 1.807) is 6.07 Å². The number of hydrogen-bond donors (Lipinski definition) is 0. The average molecular weight is 497 g/mol. The molecule has 0 bridgehead atoms. The first kappa shape index (κ1) is 24.4. The highest BCUT2D eigenvalue weighted by Crippen LogP contribution is 2.36. The van der Waals surface area contributed by atoms with E-state index in [0.29, 0.717) is 35.4 Å². The van der Waals surface area contributed by atoms with E-state index in [4.69, 9.17) is 0 Å². The van der Waals surface area contributed by atoms with Crippen molar-refractivity contribution in [2.45, 2.75) is 45.8 Å². The number of fused-ring (bicyclic) bond motifs is 1. The first-order chi connectivity index (χ1) is 16.3. The molecule has 8 nitrogen and oxygen atoms in total. The predicted octanol–water partition coefficient (Wildman–Crippen LogP) is 4.33. The smallest absolute Gasteiger partial charge is 0.329 e. The number of halogens is 6. The van der Waals surface area contributed by atoms with Gasteiger partial charge in [-0.2, -0.15) is 31.1 Å². The number of aryl methyl sites for hydroxylation is 3. The quantitative estimate of drug-likeness (QED) is 0.369. The van der Waals surface area contributed by atoms with E-state index in [1.807, 2.05) is 18.4 Å². The lowest BCUT2D eigenvalue weighted by atomic mass is 10.0. The fourth-order valence-electron chi connectivity index (χ4n) is 3.71. The molecule has 0 atom stereocenters. The maximum Gasteiger partial charge on any atom is 0.416 e. The molecule has 0 amide bonds. The van der Waals surface area contributed by atoms with Gasteiger partial charge >= 0.3 is 12.4 Å². The van der Waals surface area contributed by atoms with Gasteiger partial charge < -0.3 is 9.47 Å². The van der Waals surface area contributed by atoms with Crippen molar-refractivity contribution in [3.8, 4) is 0 Å². The fourth-order valence-corrected chi connectivity index (χ4v) is 3.71. The van der Waals surface area contributed by atoms with Gasteiger partial charge in [0.1, 0.15) is 11.3 Å². The molecule has 4 rings (SSSR count). The number of alkyl halides is 6. The molecule has 0 aliphatic heterocycles. The van der Waals surface area contributed by atoms with Crippen LogP contribution in [0.1, 0.15) is 35.0 Å². The lowest BCUT2D eigenvalue weighted by Gasteiger charge is -2.22. The van der Waals surface area contributed by atoms with Gasteiger partial charge in [-0.15, -0.1) is 5.10 Å². The highest BCUT2D eigenvalue weighted by Gasteiger charge is 2.37. The first-order valence-corrected chi connectivity index (χ1v) is 10.4. The summed E-state index contributed by atoms with van der Waals surface area (Å²) >= 11 is 0. The van der Waals surface area contributed by atoms with Crippen molar-refractivity contribution in [3.05, 3.63) is 58.5 Å². The van der Waals surface area contributed by atoms with E-state index in [0.717, 1.165) is 10.6 Å². The Morgan fingerprint density at radius 1 is 0.971 bits per heavy atom. The van der Waals surface area contributed by atoms with Crippen LogP contribution in [-0.2, 0) is 39.0 Å². The molecular weight excluding hydrogens is 478 g/mol. The van der Waals surface area contributed by atoms with Crippen LogP contribution in [0.5, 0.6) is 0 Å². The lowest BCUT2D eigenvalue weighted by Crippen LogP contribution is -2.24. The summed E-state index contributed by atoms with van der Waals surface area (Å²) in [5.41, 5.74) is -1.32. The van der Waals surface area contributed by atoms with Crippen molar-refractivity contribution in [3.63, 3.8) is 0 Å². The van der Waals surface area contributed by atoms with Gasteiger partial charge in [-0.1, -0.05) is 5.10 Å². The highest BCUT2D eigenvalue weighted by atomic mass is 19.4. The molecule has 185 valence electrons. The number of pyridine rings is 1. The third kappa shape index (κ3) is 5.20. The number of anilines is 1. The van der Waals surface area contributed by atoms with E-state index in [2.05, 4.69) is 31.6 Å². The second kappa shape index (κ2) is 8.82. The van der Waals surface area contributed by atoms with Crippen molar-refractivity contribution in [1.29, 1.82) is 0 Å². The Morgan fingerprint density at radius 3 is 2.17 bits per heavy atom. The Balaban J connectivity index is 1.73. The Kier molecular flexibility index (Phi) is 6.15. The number of imidazole rings is 1. The molecule has 1 aromatic carbocycles. The zero-order valence-electron chi connectivity index (χ0n) is 18.8. The van der Waals surface area contributed by atoms with Gasteiger partial charge in [-0.25, -0.2) is 9.97 Å². The molecule has 0 saturated heterocycles. The highest BCUT2D eigenvalue weighted by molar-refractivity contribution is 5.72. The van der Waals surface area contributed by atoms with Crippen molar-refractivity contribution < 1.29 is 26.3 Å². The van der Waals surface area contributed by atoms with Gasteiger partial charge in [0.05, 0.1) is 24.4 Å². The van der Waals surface area contributed by atoms with Crippen LogP contribution in [0.4, 0.5) is 32.3 Å². The zero-order chi connectivity index (χ0) is 25.5. The Bertz CT molecular complexity index is 1320. The molecule has 14 heteroatoms. The van der Waals surface area contributed by atoms with E-state index in [1.165, 1.54) is 11.9 Å². The molecule has 0 unspecified atom stereocenters. The van der Waals surface area contributed by atoms with E-state index >= 15 is 0 Å². The third-order valence-corrected chi connectivity index (χ3v) is 5.25. The van der Waals surface area contributed by atoms with Gasteiger partial charge in [-0.3, -0.25) is 0 Å². The molecular formula is C21H19F6N8. The van der Waals surface area contributed by atoms with E-state index in [-0.39, 0.29) is 30.7 Å². The van der Waals surface area contributed by atoms with E-state index in [9.17, 15) is 26.3 Å². The van der Waals surface area contributed by atoms with Gasteiger partial charge in [0.2, 0.25) is 0 Å². The molecule has 0 fully saturated rings. The minimum atomic E-state index is -4.95. The molecule has 0 N–H and O–H groups in total. The summed E-state index contributed by atoms with van der Waals surface area (Å²) < 4.78 is 81.8. The van der Waals surface area contributed by atoms with Crippen LogP contribution >= 0.6 is 0 Å². The SMILES string of the molecule is CCn1c(C)nc2cc(CN(Cc3cc(C(F)(F)F)cc(C(F)(F)F)c3)c3nnn(C)n3)[c]nc21. The van der Waals surface area contributed by atoms with Crippen LogP contribution in [0.25, 0.3) is 11.2 Å². The maximum absolute atomic E-state index is 13.3. The van der Waals surface area contributed by atoms with Crippen molar-refractivity contribution in [1.82, 2.24) is 34.7 Å². The van der Waals surface area contributed by atoms with Gasteiger partial charge in [-0.05, 0) is 48.9 Å². The predicted molar refractivity (Wildman–Crippen MR) is 112 cm³/mol. The monoisotopic (exact) mass is 497 g/mol. The number of aromatic nitrogens is 7. The van der Waals surface area contributed by atoms with Crippen LogP contribution in [0, 0.1) is 13.1 Å². The fraction of sp³-hybridized carbons (Fsp3) is 0.381. The average Bonchev–Trinajstić information content (AvgIpc) is 3.33.